The summed E-state index contributed by atoms with van der Waals surface area (Å²) in [5.41, 5.74) is 4.37. The molecule has 0 spiro atoms. The summed E-state index contributed by atoms with van der Waals surface area (Å²) < 4.78 is 52.0. The lowest BCUT2D eigenvalue weighted by atomic mass is 10.2. The van der Waals surface area contributed by atoms with E-state index in [0.29, 0.717) is 10.5 Å². The minimum atomic E-state index is -4.55. The van der Waals surface area contributed by atoms with Crippen molar-refractivity contribution in [3.05, 3.63) is 46.2 Å². The van der Waals surface area contributed by atoms with Crippen LogP contribution in [0.2, 0.25) is 0 Å². The van der Waals surface area contributed by atoms with Crippen molar-refractivity contribution in [3.63, 3.8) is 0 Å². The van der Waals surface area contributed by atoms with Crippen molar-refractivity contribution in [2.45, 2.75) is 6.18 Å². The van der Waals surface area contributed by atoms with Crippen molar-refractivity contribution >= 4 is 33.3 Å². The minimum absolute atomic E-state index is 0.000533. The van der Waals surface area contributed by atoms with Crippen LogP contribution in [0.25, 0.3) is 0 Å². The maximum Gasteiger partial charge on any atom is 0.416 e. The van der Waals surface area contributed by atoms with Gasteiger partial charge in [-0.25, -0.2) is 9.37 Å². The van der Waals surface area contributed by atoms with Crippen molar-refractivity contribution in [2.24, 2.45) is 0 Å². The Balaban J connectivity index is 2.36. The van der Waals surface area contributed by atoms with Gasteiger partial charge in [-0.15, -0.1) is 0 Å². The highest BCUT2D eigenvalue weighted by Gasteiger charge is 2.31. The molecule has 0 radical (unpaired) electrons. The monoisotopic (exact) mass is 349 g/mol. The van der Waals surface area contributed by atoms with Crippen LogP contribution in [0.15, 0.2) is 34.8 Å². The Bertz CT molecular complexity index is 643. The molecule has 1 aromatic heterocycles. The molecule has 0 aliphatic heterocycles. The lowest BCUT2D eigenvalue weighted by molar-refractivity contribution is -0.137. The number of benzene rings is 1. The van der Waals surface area contributed by atoms with Crippen molar-refractivity contribution < 1.29 is 17.6 Å². The molecular weight excluding hydrogens is 342 g/mol. The molecule has 1 aromatic carbocycles. The fraction of sp³-hybridized carbons (Fsp3) is 0.0833. The number of hydrogen-bond acceptors (Lipinski definition) is 3. The predicted molar refractivity (Wildman–Crippen MR) is 71.0 cm³/mol. The Morgan fingerprint density at radius 1 is 1.15 bits per heavy atom. The fourth-order valence-electron chi connectivity index (χ4n) is 1.51. The normalized spacial score (nSPS) is 11.4. The SMILES string of the molecule is Nc1cc(C(F)(F)F)cc(Nc2ccc(Br)cc2F)n1. The Morgan fingerprint density at radius 2 is 1.85 bits per heavy atom. The van der Waals surface area contributed by atoms with Gasteiger partial charge in [0.1, 0.15) is 17.5 Å². The summed E-state index contributed by atoms with van der Waals surface area (Å²) in [5, 5.41) is 2.47. The average Bonchev–Trinajstić information content (AvgIpc) is 2.31. The third-order valence-electron chi connectivity index (χ3n) is 2.37. The molecule has 0 aliphatic rings. The minimum Gasteiger partial charge on any atom is -0.384 e. The molecule has 0 aliphatic carbocycles. The number of hydrogen-bond donors (Lipinski definition) is 2. The van der Waals surface area contributed by atoms with E-state index < -0.39 is 17.6 Å². The molecule has 1 heterocycles. The standard InChI is InChI=1S/C12H8BrF4N3/c13-7-1-2-9(8(14)5-7)19-11-4-6(12(15,16)17)3-10(18)20-11/h1-5H,(H3,18,19,20). The van der Waals surface area contributed by atoms with Crippen molar-refractivity contribution in [1.82, 2.24) is 4.98 Å². The molecule has 3 N–H and O–H groups in total. The lowest BCUT2D eigenvalue weighted by Gasteiger charge is -2.11. The van der Waals surface area contributed by atoms with Crippen LogP contribution in [0, 0.1) is 5.82 Å². The quantitative estimate of drug-likeness (QED) is 0.793. The second-order valence-corrected chi connectivity index (χ2v) is 4.83. The van der Waals surface area contributed by atoms with E-state index in [4.69, 9.17) is 5.73 Å². The van der Waals surface area contributed by atoms with Gasteiger partial charge in [-0.05, 0) is 30.3 Å². The Kier molecular flexibility index (Phi) is 3.85. The van der Waals surface area contributed by atoms with E-state index in [0.717, 1.165) is 6.07 Å². The first-order valence-electron chi connectivity index (χ1n) is 5.32. The van der Waals surface area contributed by atoms with Crippen LogP contribution in [-0.4, -0.2) is 4.98 Å². The van der Waals surface area contributed by atoms with E-state index in [2.05, 4.69) is 26.2 Å². The molecule has 0 unspecified atom stereocenters. The van der Waals surface area contributed by atoms with E-state index in [9.17, 15) is 17.6 Å². The summed E-state index contributed by atoms with van der Waals surface area (Å²) >= 11 is 3.08. The molecule has 2 aromatic rings. The van der Waals surface area contributed by atoms with Gasteiger partial charge in [0, 0.05) is 4.47 Å². The summed E-state index contributed by atoms with van der Waals surface area (Å²) in [6.45, 7) is 0. The highest BCUT2D eigenvalue weighted by molar-refractivity contribution is 9.10. The number of pyridine rings is 1. The summed E-state index contributed by atoms with van der Waals surface area (Å²) in [6, 6.07) is 5.57. The summed E-state index contributed by atoms with van der Waals surface area (Å²) in [4.78, 5) is 3.69. The van der Waals surface area contributed by atoms with Crippen molar-refractivity contribution in [1.29, 1.82) is 0 Å². The Morgan fingerprint density at radius 3 is 2.45 bits per heavy atom. The van der Waals surface area contributed by atoms with Gasteiger partial charge < -0.3 is 11.1 Å². The number of alkyl halides is 3. The summed E-state index contributed by atoms with van der Waals surface area (Å²) in [7, 11) is 0. The first-order valence-corrected chi connectivity index (χ1v) is 6.12. The van der Waals surface area contributed by atoms with Crippen molar-refractivity contribution in [3.8, 4) is 0 Å². The number of anilines is 3. The molecule has 0 bridgehead atoms. The van der Waals surface area contributed by atoms with Gasteiger partial charge in [0.2, 0.25) is 0 Å². The molecule has 3 nitrogen and oxygen atoms in total. The van der Waals surface area contributed by atoms with E-state index in [1.54, 1.807) is 6.07 Å². The van der Waals surface area contributed by atoms with E-state index >= 15 is 0 Å². The number of nitrogens with zero attached hydrogens (tertiary/aromatic N) is 1. The van der Waals surface area contributed by atoms with Gasteiger partial charge in [-0.3, -0.25) is 0 Å². The highest BCUT2D eigenvalue weighted by Crippen LogP contribution is 2.32. The number of halogens is 5. The maximum absolute atomic E-state index is 13.6. The first kappa shape index (κ1) is 14.6. The number of nitrogens with one attached hydrogen (secondary N) is 1. The second-order valence-electron chi connectivity index (χ2n) is 3.91. The second kappa shape index (κ2) is 5.28. The summed E-state index contributed by atoms with van der Waals surface area (Å²) in [5.74, 6) is -1.12. The van der Waals surface area contributed by atoms with Crippen LogP contribution in [0.4, 0.5) is 34.9 Å². The third-order valence-corrected chi connectivity index (χ3v) is 2.86. The van der Waals surface area contributed by atoms with E-state index in [-0.39, 0.29) is 17.3 Å². The first-order chi connectivity index (χ1) is 9.25. The molecule has 106 valence electrons. The van der Waals surface area contributed by atoms with Crippen LogP contribution in [0.1, 0.15) is 5.56 Å². The van der Waals surface area contributed by atoms with Crippen LogP contribution >= 0.6 is 15.9 Å². The number of nitrogen functional groups attached to an aromatic ring is 1. The average molecular weight is 350 g/mol. The molecule has 8 heteroatoms. The van der Waals surface area contributed by atoms with E-state index in [1.807, 2.05) is 0 Å². The van der Waals surface area contributed by atoms with E-state index in [1.165, 1.54) is 12.1 Å². The predicted octanol–water partition coefficient (Wildman–Crippen LogP) is 4.33. The molecule has 20 heavy (non-hydrogen) atoms. The number of nitrogens with two attached hydrogens (primary N) is 1. The Hall–Kier alpha value is -1.83. The molecule has 0 fully saturated rings. The van der Waals surface area contributed by atoms with Gasteiger partial charge in [-0.1, -0.05) is 15.9 Å². The molecule has 0 saturated heterocycles. The van der Waals surface area contributed by atoms with Crippen LogP contribution in [0.5, 0.6) is 0 Å². The van der Waals surface area contributed by atoms with Gasteiger partial charge in [0.25, 0.3) is 0 Å². The Labute approximate surface area is 119 Å². The molecule has 0 amide bonds. The smallest absolute Gasteiger partial charge is 0.384 e. The van der Waals surface area contributed by atoms with Gasteiger partial charge >= 0.3 is 6.18 Å². The van der Waals surface area contributed by atoms with Gasteiger partial charge in [-0.2, -0.15) is 13.2 Å². The maximum atomic E-state index is 13.6. The molecule has 0 saturated carbocycles. The fourth-order valence-corrected chi connectivity index (χ4v) is 1.84. The lowest BCUT2D eigenvalue weighted by Crippen LogP contribution is -2.08. The number of rotatable bonds is 2. The van der Waals surface area contributed by atoms with Gasteiger partial charge in [0.05, 0.1) is 11.3 Å². The summed E-state index contributed by atoms with van der Waals surface area (Å²) in [6.07, 6.45) is -4.55. The van der Waals surface area contributed by atoms with Gasteiger partial charge in [0.15, 0.2) is 0 Å². The highest BCUT2D eigenvalue weighted by atomic mass is 79.9. The zero-order valence-electron chi connectivity index (χ0n) is 9.80. The zero-order chi connectivity index (χ0) is 14.9. The molecule has 2 rings (SSSR count). The topological polar surface area (TPSA) is 50.9 Å². The van der Waals surface area contributed by atoms with Crippen molar-refractivity contribution in [2.75, 3.05) is 11.1 Å². The van der Waals surface area contributed by atoms with Crippen LogP contribution in [-0.2, 0) is 6.18 Å². The largest absolute Gasteiger partial charge is 0.416 e. The molecule has 0 atom stereocenters. The molecular formula is C12H8BrF4N3. The third kappa shape index (κ3) is 3.38. The zero-order valence-corrected chi connectivity index (χ0v) is 11.4. The van der Waals surface area contributed by atoms with Crippen LogP contribution < -0.4 is 11.1 Å². The number of aromatic nitrogens is 1. The van der Waals surface area contributed by atoms with Crippen LogP contribution in [0.3, 0.4) is 0 Å².